The third kappa shape index (κ3) is 5.65. The molecule has 0 radical (unpaired) electrons. The molecule has 30 heavy (non-hydrogen) atoms. The summed E-state index contributed by atoms with van der Waals surface area (Å²) in [5.41, 5.74) is 1.19. The number of nitrogens with one attached hydrogen (secondary N) is 2. The van der Waals surface area contributed by atoms with Crippen LogP contribution in [-0.4, -0.2) is 44.5 Å². The molecule has 0 aliphatic carbocycles. The molecule has 0 bridgehead atoms. The fraction of sp³-hybridized carbons (Fsp3) is 0.400. The van der Waals surface area contributed by atoms with E-state index < -0.39 is 0 Å². The van der Waals surface area contributed by atoms with Crippen molar-refractivity contribution in [3.63, 3.8) is 0 Å². The number of thioether (sulfide) groups is 1. The van der Waals surface area contributed by atoms with E-state index in [9.17, 15) is 4.79 Å². The summed E-state index contributed by atoms with van der Waals surface area (Å²) in [4.78, 5) is 21.8. The summed E-state index contributed by atoms with van der Waals surface area (Å²) < 4.78 is 2.60. The molecule has 2 heterocycles. The number of anilines is 1. The second-order valence-electron chi connectivity index (χ2n) is 6.62. The predicted molar refractivity (Wildman–Crippen MR) is 127 cm³/mol. The molecule has 0 aliphatic rings. The van der Waals surface area contributed by atoms with Crippen LogP contribution in [-0.2, 0) is 6.54 Å². The van der Waals surface area contributed by atoms with Crippen LogP contribution in [0.15, 0.2) is 34.0 Å². The Balaban J connectivity index is 1.75. The van der Waals surface area contributed by atoms with E-state index in [1.165, 1.54) is 0 Å². The van der Waals surface area contributed by atoms with E-state index in [1.807, 2.05) is 0 Å². The van der Waals surface area contributed by atoms with Crippen molar-refractivity contribution in [3.8, 4) is 0 Å². The van der Waals surface area contributed by atoms with E-state index in [0.717, 1.165) is 51.6 Å². The first-order valence-electron chi connectivity index (χ1n) is 9.87. The Kier molecular flexibility index (Phi) is 8.35. The third-order valence-corrected chi connectivity index (χ3v) is 6.11. The van der Waals surface area contributed by atoms with Gasteiger partial charge in [-0.2, -0.15) is 5.10 Å². The molecule has 2 aromatic heterocycles. The van der Waals surface area contributed by atoms with E-state index in [1.54, 1.807) is 40.8 Å². The normalized spacial score (nSPS) is 11.1. The largest absolute Gasteiger partial charge is 0.369 e. The lowest BCUT2D eigenvalue weighted by Gasteiger charge is -2.10. The quantitative estimate of drug-likeness (QED) is 0.294. The van der Waals surface area contributed by atoms with Gasteiger partial charge in [-0.15, -0.1) is 0 Å². The van der Waals surface area contributed by atoms with Gasteiger partial charge in [0.25, 0.3) is 5.91 Å². The van der Waals surface area contributed by atoms with Gasteiger partial charge in [0.2, 0.25) is 0 Å². The molecule has 0 saturated heterocycles. The first-order chi connectivity index (χ1) is 14.5. The number of carbonyl (C=O) groups is 1. The van der Waals surface area contributed by atoms with Gasteiger partial charge >= 0.3 is 0 Å². The number of halogens is 2. The molecular weight excluding hydrogens is 488 g/mol. The highest BCUT2D eigenvalue weighted by molar-refractivity contribution is 9.10. The van der Waals surface area contributed by atoms with Gasteiger partial charge in [0.1, 0.15) is 5.82 Å². The third-order valence-electron chi connectivity index (χ3n) is 4.24. The summed E-state index contributed by atoms with van der Waals surface area (Å²) in [6.07, 6.45) is 3.82. The number of carbonyl (C=O) groups excluding carboxylic acids is 1. The van der Waals surface area contributed by atoms with Crippen LogP contribution in [0.25, 0.3) is 11.0 Å². The lowest BCUT2D eigenvalue weighted by Crippen LogP contribution is -2.27. The van der Waals surface area contributed by atoms with E-state index >= 15 is 0 Å². The van der Waals surface area contributed by atoms with Crippen LogP contribution in [0, 0.1) is 0 Å². The molecule has 0 unspecified atom stereocenters. The van der Waals surface area contributed by atoms with Gasteiger partial charge in [0.15, 0.2) is 10.8 Å². The Labute approximate surface area is 193 Å². The topological polar surface area (TPSA) is 84.7 Å². The maximum absolute atomic E-state index is 12.5. The maximum atomic E-state index is 12.5. The molecule has 0 fully saturated rings. The second-order valence-corrected chi connectivity index (χ2v) is 9.00. The number of hydrogen-bond donors (Lipinski definition) is 2. The van der Waals surface area contributed by atoms with Crippen LogP contribution in [0.1, 0.15) is 37.0 Å². The molecule has 1 aromatic carbocycles. The molecule has 0 aliphatic heterocycles. The summed E-state index contributed by atoms with van der Waals surface area (Å²) in [5, 5.41) is 12.8. The monoisotopic (exact) mass is 510 g/mol. The van der Waals surface area contributed by atoms with E-state index in [2.05, 4.69) is 50.5 Å². The minimum atomic E-state index is -0.225. The number of nitrogens with zero attached hydrogens (tertiary/aromatic N) is 4. The average Bonchev–Trinajstić information content (AvgIpc) is 3.15. The van der Waals surface area contributed by atoms with Crippen molar-refractivity contribution in [3.05, 3.63) is 39.5 Å². The minimum Gasteiger partial charge on any atom is -0.369 e. The van der Waals surface area contributed by atoms with Crippen LogP contribution >= 0.6 is 39.3 Å². The number of aromatic nitrogens is 4. The van der Waals surface area contributed by atoms with Crippen molar-refractivity contribution in [1.82, 2.24) is 25.1 Å². The lowest BCUT2D eigenvalue weighted by atomic mass is 10.2. The van der Waals surface area contributed by atoms with Gasteiger partial charge in [-0.05, 0) is 31.0 Å². The van der Waals surface area contributed by atoms with E-state index in [-0.39, 0.29) is 5.91 Å². The van der Waals surface area contributed by atoms with E-state index in [4.69, 9.17) is 16.6 Å². The highest BCUT2D eigenvalue weighted by atomic mass is 79.9. The zero-order chi connectivity index (χ0) is 21.5. The zero-order valence-electron chi connectivity index (χ0n) is 16.9. The van der Waals surface area contributed by atoms with Gasteiger partial charge in [-0.1, -0.05) is 53.1 Å². The summed E-state index contributed by atoms with van der Waals surface area (Å²) in [6, 6.07) is 5.20. The molecular formula is C20H24BrClN6OS. The van der Waals surface area contributed by atoms with Crippen molar-refractivity contribution < 1.29 is 4.79 Å². The SMILES string of the molecule is CCCNc1nc(SCCC)nc2c1cnn2CCNC(=O)c1cc(Br)ccc1Cl. The van der Waals surface area contributed by atoms with Crippen LogP contribution in [0.3, 0.4) is 0 Å². The predicted octanol–water partition coefficient (Wildman–Crippen LogP) is 5.00. The molecule has 10 heteroatoms. The number of amides is 1. The summed E-state index contributed by atoms with van der Waals surface area (Å²) in [6.45, 7) is 5.97. The summed E-state index contributed by atoms with van der Waals surface area (Å²) in [7, 11) is 0. The number of fused-ring (bicyclic) bond motifs is 1. The van der Waals surface area contributed by atoms with Crippen molar-refractivity contribution in [2.75, 3.05) is 24.2 Å². The van der Waals surface area contributed by atoms with Crippen molar-refractivity contribution in [2.24, 2.45) is 0 Å². The average molecular weight is 512 g/mol. The van der Waals surface area contributed by atoms with Crippen LogP contribution < -0.4 is 10.6 Å². The fourth-order valence-corrected chi connectivity index (χ4v) is 4.04. The molecule has 160 valence electrons. The number of benzene rings is 1. The van der Waals surface area contributed by atoms with E-state index in [0.29, 0.717) is 23.7 Å². The molecule has 0 saturated carbocycles. The van der Waals surface area contributed by atoms with Crippen molar-refractivity contribution in [1.29, 1.82) is 0 Å². The fourth-order valence-electron chi connectivity index (χ4n) is 2.78. The molecule has 3 rings (SSSR count). The first-order valence-corrected chi connectivity index (χ1v) is 12.0. The van der Waals surface area contributed by atoms with Gasteiger partial charge < -0.3 is 10.6 Å². The Morgan fingerprint density at radius 2 is 2.07 bits per heavy atom. The molecule has 0 atom stereocenters. The van der Waals surface area contributed by atoms with Gasteiger partial charge in [0.05, 0.1) is 28.7 Å². The molecule has 2 N–H and O–H groups in total. The van der Waals surface area contributed by atoms with Crippen molar-refractivity contribution >= 4 is 62.1 Å². The Morgan fingerprint density at radius 1 is 1.23 bits per heavy atom. The Morgan fingerprint density at radius 3 is 2.83 bits per heavy atom. The summed E-state index contributed by atoms with van der Waals surface area (Å²) in [5.74, 6) is 1.53. The second kappa shape index (κ2) is 11.0. The Bertz CT molecular complexity index is 1030. The minimum absolute atomic E-state index is 0.225. The molecule has 7 nitrogen and oxygen atoms in total. The molecule has 3 aromatic rings. The number of rotatable bonds is 10. The standard InChI is InChI=1S/C20H24BrClN6OS/c1-3-7-23-17-15-12-25-28(18(15)27-20(26-17)30-10-4-2)9-8-24-19(29)14-11-13(21)5-6-16(14)22/h5-6,11-12H,3-4,7-10H2,1-2H3,(H,24,29)(H,23,26,27). The maximum Gasteiger partial charge on any atom is 0.252 e. The van der Waals surface area contributed by atoms with Gasteiger partial charge in [0, 0.05) is 23.3 Å². The smallest absolute Gasteiger partial charge is 0.252 e. The first kappa shape index (κ1) is 22.8. The van der Waals surface area contributed by atoms with Crippen LogP contribution in [0.4, 0.5) is 5.82 Å². The van der Waals surface area contributed by atoms with Gasteiger partial charge in [-0.3, -0.25) is 4.79 Å². The Hall–Kier alpha value is -1.84. The highest BCUT2D eigenvalue weighted by Crippen LogP contribution is 2.25. The van der Waals surface area contributed by atoms with Crippen LogP contribution in [0.2, 0.25) is 5.02 Å². The zero-order valence-corrected chi connectivity index (χ0v) is 20.1. The molecule has 0 spiro atoms. The molecule has 1 amide bonds. The highest BCUT2D eigenvalue weighted by Gasteiger charge is 2.14. The van der Waals surface area contributed by atoms with Crippen molar-refractivity contribution in [2.45, 2.75) is 38.4 Å². The van der Waals surface area contributed by atoms with Crippen LogP contribution in [0.5, 0.6) is 0 Å². The summed E-state index contributed by atoms with van der Waals surface area (Å²) >= 11 is 11.1. The lowest BCUT2D eigenvalue weighted by molar-refractivity contribution is 0.0952. The van der Waals surface area contributed by atoms with Gasteiger partial charge in [-0.25, -0.2) is 14.6 Å². The number of hydrogen-bond acceptors (Lipinski definition) is 6.